The van der Waals surface area contributed by atoms with Crippen molar-refractivity contribution in [1.82, 2.24) is 4.98 Å². The first kappa shape index (κ1) is 18.6. The molecule has 0 radical (unpaired) electrons. The molecule has 0 unspecified atom stereocenters. The van der Waals surface area contributed by atoms with Crippen molar-refractivity contribution >= 4 is 17.4 Å². The van der Waals surface area contributed by atoms with Gasteiger partial charge >= 0.3 is 0 Å². The number of nitrogens with one attached hydrogen (secondary N) is 1. The van der Waals surface area contributed by atoms with Crippen molar-refractivity contribution < 1.29 is 4.79 Å². The highest BCUT2D eigenvalue weighted by atomic mass is 16.1. The Morgan fingerprint density at radius 1 is 1.00 bits per heavy atom. The van der Waals surface area contributed by atoms with Crippen LogP contribution in [0.2, 0.25) is 0 Å². The Hall–Kier alpha value is -3.14. The molecule has 3 aromatic rings. The van der Waals surface area contributed by atoms with E-state index in [-0.39, 0.29) is 5.91 Å². The van der Waals surface area contributed by atoms with Gasteiger partial charge in [-0.25, -0.2) is 4.98 Å². The van der Waals surface area contributed by atoms with Crippen LogP contribution in [0.1, 0.15) is 23.6 Å². The molecule has 4 heteroatoms. The van der Waals surface area contributed by atoms with Gasteiger partial charge in [0.25, 0.3) is 0 Å². The molecule has 0 saturated carbocycles. The summed E-state index contributed by atoms with van der Waals surface area (Å²) >= 11 is 0. The molecule has 4 nitrogen and oxygen atoms in total. The third-order valence-electron chi connectivity index (χ3n) is 4.57. The van der Waals surface area contributed by atoms with E-state index in [9.17, 15) is 4.79 Å². The maximum Gasteiger partial charge on any atom is 0.228 e. The minimum atomic E-state index is -0.0320. The van der Waals surface area contributed by atoms with E-state index < -0.39 is 0 Å². The molecule has 2 aromatic carbocycles. The van der Waals surface area contributed by atoms with Gasteiger partial charge in [0.2, 0.25) is 5.91 Å². The Labute approximate surface area is 160 Å². The fourth-order valence-corrected chi connectivity index (χ4v) is 2.99. The highest BCUT2D eigenvalue weighted by molar-refractivity contribution is 5.92. The van der Waals surface area contributed by atoms with Crippen LogP contribution < -0.4 is 10.2 Å². The van der Waals surface area contributed by atoms with Gasteiger partial charge in [0, 0.05) is 13.1 Å². The first-order valence-electron chi connectivity index (χ1n) is 9.25. The molecule has 3 rings (SSSR count). The van der Waals surface area contributed by atoms with Crippen molar-refractivity contribution in [1.29, 1.82) is 0 Å². The largest absolute Gasteiger partial charge is 0.353 e. The van der Waals surface area contributed by atoms with Crippen molar-refractivity contribution in [3.63, 3.8) is 0 Å². The van der Waals surface area contributed by atoms with Gasteiger partial charge in [-0.3, -0.25) is 4.79 Å². The van der Waals surface area contributed by atoms with E-state index in [2.05, 4.69) is 34.3 Å². The summed E-state index contributed by atoms with van der Waals surface area (Å²) in [5.74, 6) is 0.869. The van der Waals surface area contributed by atoms with E-state index in [0.717, 1.165) is 30.0 Å². The molecular weight excluding hydrogens is 334 g/mol. The Bertz CT molecular complexity index is 876. The highest BCUT2D eigenvalue weighted by Gasteiger charge is 2.09. The van der Waals surface area contributed by atoms with Crippen LogP contribution in [-0.2, 0) is 17.8 Å². The second kappa shape index (κ2) is 8.99. The van der Waals surface area contributed by atoms with Crippen LogP contribution in [0.3, 0.4) is 0 Å². The SMILES string of the molecule is CCN(Cc1ccccc1)c1ccc(NC(=O)Cc2ccccc2C)cn1. The molecule has 1 aromatic heterocycles. The molecular formula is C23H25N3O. The third-order valence-corrected chi connectivity index (χ3v) is 4.57. The van der Waals surface area contributed by atoms with Crippen LogP contribution in [0.5, 0.6) is 0 Å². The van der Waals surface area contributed by atoms with Gasteiger partial charge in [-0.2, -0.15) is 0 Å². The number of hydrogen-bond acceptors (Lipinski definition) is 3. The molecule has 138 valence electrons. The lowest BCUT2D eigenvalue weighted by Gasteiger charge is -2.22. The monoisotopic (exact) mass is 359 g/mol. The zero-order valence-electron chi connectivity index (χ0n) is 15.9. The van der Waals surface area contributed by atoms with Crippen LogP contribution in [0.4, 0.5) is 11.5 Å². The van der Waals surface area contributed by atoms with E-state index >= 15 is 0 Å². The fraction of sp³-hybridized carbons (Fsp3) is 0.217. The number of nitrogens with zero attached hydrogens (tertiary/aromatic N) is 2. The maximum atomic E-state index is 12.3. The van der Waals surface area contributed by atoms with Crippen LogP contribution in [0, 0.1) is 6.92 Å². The van der Waals surface area contributed by atoms with Gasteiger partial charge < -0.3 is 10.2 Å². The van der Waals surface area contributed by atoms with Gasteiger partial charge in [-0.1, -0.05) is 54.6 Å². The fourth-order valence-electron chi connectivity index (χ4n) is 2.99. The Balaban J connectivity index is 1.62. The summed E-state index contributed by atoms with van der Waals surface area (Å²) in [5, 5.41) is 2.93. The summed E-state index contributed by atoms with van der Waals surface area (Å²) in [7, 11) is 0. The maximum absolute atomic E-state index is 12.3. The quantitative estimate of drug-likeness (QED) is 0.671. The average Bonchev–Trinajstić information content (AvgIpc) is 2.69. The molecule has 27 heavy (non-hydrogen) atoms. The summed E-state index contributed by atoms with van der Waals surface area (Å²) in [6, 6.07) is 22.1. The van der Waals surface area contributed by atoms with Crippen LogP contribution >= 0.6 is 0 Å². The summed E-state index contributed by atoms with van der Waals surface area (Å²) in [4.78, 5) is 19.0. The zero-order chi connectivity index (χ0) is 19.1. The normalized spacial score (nSPS) is 10.4. The molecule has 1 amide bonds. The Morgan fingerprint density at radius 2 is 1.74 bits per heavy atom. The van der Waals surface area contributed by atoms with Crippen molar-refractivity contribution in [3.8, 4) is 0 Å². The lowest BCUT2D eigenvalue weighted by molar-refractivity contribution is -0.115. The van der Waals surface area contributed by atoms with Crippen LogP contribution in [0.25, 0.3) is 0 Å². The Kier molecular flexibility index (Phi) is 6.21. The number of aryl methyl sites for hydroxylation is 1. The smallest absolute Gasteiger partial charge is 0.228 e. The first-order chi connectivity index (χ1) is 13.2. The minimum absolute atomic E-state index is 0.0320. The number of rotatable bonds is 7. The summed E-state index contributed by atoms with van der Waals surface area (Å²) in [6.07, 6.45) is 2.09. The number of carbonyl (C=O) groups excluding carboxylic acids is 1. The number of aromatic nitrogens is 1. The lowest BCUT2D eigenvalue weighted by Crippen LogP contribution is -2.23. The van der Waals surface area contributed by atoms with Gasteiger partial charge in [0.05, 0.1) is 18.3 Å². The Morgan fingerprint density at radius 3 is 2.41 bits per heavy atom. The van der Waals surface area contributed by atoms with Crippen molar-refractivity contribution in [2.45, 2.75) is 26.8 Å². The van der Waals surface area contributed by atoms with Gasteiger partial charge in [-0.15, -0.1) is 0 Å². The van der Waals surface area contributed by atoms with Crippen molar-refractivity contribution in [2.75, 3.05) is 16.8 Å². The van der Waals surface area contributed by atoms with Crippen molar-refractivity contribution in [3.05, 3.63) is 89.6 Å². The molecule has 1 heterocycles. The first-order valence-corrected chi connectivity index (χ1v) is 9.25. The molecule has 0 fully saturated rings. The molecule has 0 aliphatic heterocycles. The predicted molar refractivity (Wildman–Crippen MR) is 111 cm³/mol. The lowest BCUT2D eigenvalue weighted by atomic mass is 10.1. The third kappa shape index (κ3) is 5.17. The van der Waals surface area contributed by atoms with Crippen LogP contribution in [0.15, 0.2) is 72.9 Å². The highest BCUT2D eigenvalue weighted by Crippen LogP contribution is 2.17. The number of carbonyl (C=O) groups is 1. The number of hydrogen-bond donors (Lipinski definition) is 1. The standard InChI is InChI=1S/C23H25N3O/c1-3-26(17-19-10-5-4-6-11-19)22-14-13-21(16-24-22)25-23(27)15-20-12-8-7-9-18(20)2/h4-14,16H,3,15,17H2,1-2H3,(H,25,27). The van der Waals surface area contributed by atoms with E-state index in [1.165, 1.54) is 5.56 Å². The molecule has 0 aliphatic rings. The number of amides is 1. The number of anilines is 2. The molecule has 0 spiro atoms. The van der Waals surface area contributed by atoms with E-state index in [0.29, 0.717) is 12.1 Å². The number of benzene rings is 2. The van der Waals surface area contributed by atoms with E-state index in [1.807, 2.05) is 61.5 Å². The molecule has 0 aliphatic carbocycles. The second-order valence-corrected chi connectivity index (χ2v) is 6.56. The van der Waals surface area contributed by atoms with Gasteiger partial charge in [0.1, 0.15) is 5.82 Å². The van der Waals surface area contributed by atoms with Crippen LogP contribution in [-0.4, -0.2) is 17.4 Å². The molecule has 0 bridgehead atoms. The average molecular weight is 359 g/mol. The molecule has 0 saturated heterocycles. The zero-order valence-corrected chi connectivity index (χ0v) is 15.9. The molecule has 1 N–H and O–H groups in total. The summed E-state index contributed by atoms with van der Waals surface area (Å²) in [5.41, 5.74) is 4.13. The van der Waals surface area contributed by atoms with E-state index in [1.54, 1.807) is 6.20 Å². The van der Waals surface area contributed by atoms with Gasteiger partial charge in [0.15, 0.2) is 0 Å². The second-order valence-electron chi connectivity index (χ2n) is 6.56. The van der Waals surface area contributed by atoms with Gasteiger partial charge in [-0.05, 0) is 42.7 Å². The topological polar surface area (TPSA) is 45.2 Å². The van der Waals surface area contributed by atoms with E-state index in [4.69, 9.17) is 0 Å². The number of pyridine rings is 1. The summed E-state index contributed by atoms with van der Waals surface area (Å²) < 4.78 is 0. The van der Waals surface area contributed by atoms with Crippen molar-refractivity contribution in [2.24, 2.45) is 0 Å². The molecule has 0 atom stereocenters. The summed E-state index contributed by atoms with van der Waals surface area (Å²) in [6.45, 7) is 5.80. The predicted octanol–water partition coefficient (Wildman–Crippen LogP) is 4.60. The minimum Gasteiger partial charge on any atom is -0.353 e.